The van der Waals surface area contributed by atoms with Gasteiger partial charge in [0.25, 0.3) is 10.0 Å². The number of nitrogens with zero attached hydrogens (tertiary/aromatic N) is 1. The van der Waals surface area contributed by atoms with Crippen molar-refractivity contribution in [1.29, 1.82) is 0 Å². The Morgan fingerprint density at radius 3 is 2.85 bits per heavy atom. The maximum absolute atomic E-state index is 13.1. The Balaban J connectivity index is 1.55. The molecule has 1 aliphatic carbocycles. The molecule has 6 nitrogen and oxygen atoms in total. The largest absolute Gasteiger partial charge is 0.467 e. The maximum atomic E-state index is 13.1. The molecular weight excluding hydrogens is 452 g/mol. The van der Waals surface area contributed by atoms with Crippen molar-refractivity contribution >= 4 is 43.2 Å². The summed E-state index contributed by atoms with van der Waals surface area (Å²) in [5.41, 5.74) is 1.13. The van der Waals surface area contributed by atoms with E-state index in [-0.39, 0.29) is 16.2 Å². The molecule has 146 valence electrons. The van der Waals surface area contributed by atoms with E-state index in [1.807, 2.05) is 6.07 Å². The third kappa shape index (κ3) is 3.74. The predicted octanol–water partition coefficient (Wildman–Crippen LogP) is 3.84. The summed E-state index contributed by atoms with van der Waals surface area (Å²) in [4.78, 5) is 13.0. The first-order valence-corrected chi connectivity index (χ1v) is 12.2. The molecule has 1 aliphatic heterocycles. The fourth-order valence-electron chi connectivity index (χ4n) is 3.90. The Morgan fingerprint density at radius 1 is 1.22 bits per heavy atom. The lowest BCUT2D eigenvalue weighted by Gasteiger charge is -2.34. The minimum Gasteiger partial charge on any atom is -0.467 e. The molecule has 2 aromatic heterocycles. The van der Waals surface area contributed by atoms with Crippen LogP contribution in [0.15, 0.2) is 36.9 Å². The van der Waals surface area contributed by atoms with Crippen LogP contribution in [0.3, 0.4) is 0 Å². The van der Waals surface area contributed by atoms with Gasteiger partial charge in [-0.05, 0) is 71.8 Å². The van der Waals surface area contributed by atoms with E-state index < -0.39 is 16.1 Å². The van der Waals surface area contributed by atoms with Crippen LogP contribution >= 0.6 is 27.3 Å². The van der Waals surface area contributed by atoms with Gasteiger partial charge in [-0.15, -0.1) is 11.3 Å². The Hall–Kier alpha value is -1.16. The molecule has 0 bridgehead atoms. The number of piperidine rings is 1. The SMILES string of the molecule is O=C(NC1CCCc2ccoc21)C1CCCCN1S(=O)(=O)c1ccc(Br)s1. The van der Waals surface area contributed by atoms with E-state index in [9.17, 15) is 13.2 Å². The second kappa shape index (κ2) is 7.69. The molecule has 1 saturated heterocycles. The van der Waals surface area contributed by atoms with E-state index in [2.05, 4.69) is 21.2 Å². The first-order valence-electron chi connectivity index (χ1n) is 9.10. The molecule has 2 aliphatic rings. The van der Waals surface area contributed by atoms with Gasteiger partial charge in [0.05, 0.1) is 16.1 Å². The number of halogens is 1. The second-order valence-electron chi connectivity index (χ2n) is 6.95. The van der Waals surface area contributed by atoms with Crippen molar-refractivity contribution in [2.75, 3.05) is 6.54 Å². The summed E-state index contributed by atoms with van der Waals surface area (Å²) in [6, 6.07) is 4.39. The molecule has 2 aromatic rings. The van der Waals surface area contributed by atoms with Gasteiger partial charge in [0.2, 0.25) is 5.91 Å². The zero-order valence-corrected chi connectivity index (χ0v) is 17.9. The molecule has 2 atom stereocenters. The lowest BCUT2D eigenvalue weighted by molar-refractivity contribution is -0.126. The molecule has 0 radical (unpaired) electrons. The van der Waals surface area contributed by atoms with Crippen LogP contribution in [0.2, 0.25) is 0 Å². The summed E-state index contributed by atoms with van der Waals surface area (Å²) >= 11 is 4.49. The van der Waals surface area contributed by atoms with Crippen LogP contribution in [0.1, 0.15) is 49.5 Å². The minimum absolute atomic E-state index is 0.182. The number of fused-ring (bicyclic) bond motifs is 1. The standard InChI is InChI=1S/C18H21BrN2O4S2/c19-15-7-8-16(26-15)27(23,24)21-10-2-1-6-14(21)18(22)20-13-5-3-4-12-9-11-25-17(12)13/h7-9,11,13-14H,1-6,10H2,(H,20,22). The highest BCUT2D eigenvalue weighted by Crippen LogP contribution is 2.34. The van der Waals surface area contributed by atoms with Crippen LogP contribution in [0.25, 0.3) is 0 Å². The Bertz CT molecular complexity index is 937. The van der Waals surface area contributed by atoms with E-state index in [0.29, 0.717) is 13.0 Å². The summed E-state index contributed by atoms with van der Waals surface area (Å²) < 4.78 is 34.1. The van der Waals surface area contributed by atoms with E-state index in [1.165, 1.54) is 15.6 Å². The van der Waals surface area contributed by atoms with Crippen molar-refractivity contribution in [2.24, 2.45) is 0 Å². The topological polar surface area (TPSA) is 79.6 Å². The molecule has 27 heavy (non-hydrogen) atoms. The second-order valence-corrected chi connectivity index (χ2v) is 11.5. The Kier molecular flexibility index (Phi) is 5.46. The number of carbonyl (C=O) groups is 1. The van der Waals surface area contributed by atoms with Crippen molar-refractivity contribution in [3.8, 4) is 0 Å². The molecule has 0 saturated carbocycles. The van der Waals surface area contributed by atoms with E-state index >= 15 is 0 Å². The molecule has 1 N–H and O–H groups in total. The highest BCUT2D eigenvalue weighted by atomic mass is 79.9. The van der Waals surface area contributed by atoms with Crippen molar-refractivity contribution < 1.29 is 17.6 Å². The van der Waals surface area contributed by atoms with Gasteiger partial charge < -0.3 is 9.73 Å². The van der Waals surface area contributed by atoms with Gasteiger partial charge in [-0.1, -0.05) is 6.42 Å². The Morgan fingerprint density at radius 2 is 2.07 bits per heavy atom. The number of sulfonamides is 1. The van der Waals surface area contributed by atoms with Crippen molar-refractivity contribution in [1.82, 2.24) is 9.62 Å². The number of rotatable bonds is 4. The zero-order chi connectivity index (χ0) is 19.0. The van der Waals surface area contributed by atoms with Crippen LogP contribution in [0.5, 0.6) is 0 Å². The number of furan rings is 1. The number of amides is 1. The molecule has 3 heterocycles. The summed E-state index contributed by atoms with van der Waals surface area (Å²) in [6.07, 6.45) is 6.54. The van der Waals surface area contributed by atoms with Crippen molar-refractivity contribution in [2.45, 2.75) is 54.8 Å². The highest BCUT2D eigenvalue weighted by molar-refractivity contribution is 9.11. The van der Waals surface area contributed by atoms with Crippen LogP contribution in [-0.2, 0) is 21.2 Å². The minimum atomic E-state index is -3.69. The first kappa shape index (κ1) is 19.2. The summed E-state index contributed by atoms with van der Waals surface area (Å²) in [5, 5.41) is 3.04. The van der Waals surface area contributed by atoms with Gasteiger partial charge in [-0.3, -0.25) is 4.79 Å². The summed E-state index contributed by atoms with van der Waals surface area (Å²) in [5.74, 6) is 0.574. The zero-order valence-electron chi connectivity index (χ0n) is 14.7. The number of thiophene rings is 1. The number of carbonyl (C=O) groups excluding carboxylic acids is 1. The van der Waals surface area contributed by atoms with E-state index in [4.69, 9.17) is 4.42 Å². The van der Waals surface area contributed by atoms with Gasteiger partial charge in [0.15, 0.2) is 0 Å². The van der Waals surface area contributed by atoms with Crippen molar-refractivity contribution in [3.63, 3.8) is 0 Å². The van der Waals surface area contributed by atoms with Crippen LogP contribution in [0.4, 0.5) is 0 Å². The molecule has 9 heteroatoms. The molecule has 0 aromatic carbocycles. The summed E-state index contributed by atoms with van der Waals surface area (Å²) in [6.45, 7) is 0.368. The molecule has 1 amide bonds. The summed E-state index contributed by atoms with van der Waals surface area (Å²) in [7, 11) is -3.69. The fourth-order valence-corrected chi connectivity index (χ4v) is 7.70. The molecule has 2 unspecified atom stereocenters. The van der Waals surface area contributed by atoms with Crippen molar-refractivity contribution in [3.05, 3.63) is 39.6 Å². The normalized spacial score (nSPS) is 23.7. The predicted molar refractivity (Wildman–Crippen MR) is 106 cm³/mol. The molecular formula is C18H21BrN2O4S2. The Labute approximate surface area is 171 Å². The smallest absolute Gasteiger partial charge is 0.253 e. The van der Waals surface area contributed by atoms with Gasteiger partial charge in [0.1, 0.15) is 16.0 Å². The van der Waals surface area contributed by atoms with Gasteiger partial charge in [-0.2, -0.15) is 4.31 Å². The van der Waals surface area contributed by atoms with E-state index in [0.717, 1.165) is 47.2 Å². The van der Waals surface area contributed by atoms with Crippen LogP contribution in [-0.4, -0.2) is 31.2 Å². The fraction of sp³-hybridized carbons (Fsp3) is 0.500. The number of nitrogens with one attached hydrogen (secondary N) is 1. The van der Waals surface area contributed by atoms with Gasteiger partial charge >= 0.3 is 0 Å². The van der Waals surface area contributed by atoms with E-state index in [1.54, 1.807) is 18.4 Å². The van der Waals surface area contributed by atoms with Gasteiger partial charge in [0, 0.05) is 6.54 Å². The molecule has 1 fully saturated rings. The third-order valence-electron chi connectivity index (χ3n) is 5.22. The number of hydrogen-bond donors (Lipinski definition) is 1. The quantitative estimate of drug-likeness (QED) is 0.732. The third-order valence-corrected chi connectivity index (χ3v) is 9.22. The highest BCUT2D eigenvalue weighted by Gasteiger charge is 2.39. The average molecular weight is 473 g/mol. The maximum Gasteiger partial charge on any atom is 0.253 e. The number of aryl methyl sites for hydroxylation is 1. The van der Waals surface area contributed by atoms with Gasteiger partial charge in [-0.25, -0.2) is 8.42 Å². The molecule has 4 rings (SSSR count). The van der Waals surface area contributed by atoms with Crippen LogP contribution in [0, 0.1) is 0 Å². The number of hydrogen-bond acceptors (Lipinski definition) is 5. The molecule has 0 spiro atoms. The lowest BCUT2D eigenvalue weighted by atomic mass is 9.93. The van der Waals surface area contributed by atoms with Crippen LogP contribution < -0.4 is 5.32 Å². The first-order chi connectivity index (χ1) is 13.0. The lowest BCUT2D eigenvalue weighted by Crippen LogP contribution is -2.52. The average Bonchev–Trinajstić information content (AvgIpc) is 3.31. The monoisotopic (exact) mass is 472 g/mol.